The molecule has 0 aliphatic carbocycles. The van der Waals surface area contributed by atoms with Crippen molar-refractivity contribution in [2.75, 3.05) is 0 Å². The Morgan fingerprint density at radius 2 is 1.32 bits per heavy atom. The van der Waals surface area contributed by atoms with E-state index >= 15 is 0 Å². The van der Waals surface area contributed by atoms with Gasteiger partial charge in [-0.3, -0.25) is 4.79 Å². The van der Waals surface area contributed by atoms with Crippen molar-refractivity contribution in [3.05, 3.63) is 101 Å². The van der Waals surface area contributed by atoms with Crippen molar-refractivity contribution < 1.29 is 4.79 Å². The Morgan fingerprint density at radius 3 is 1.96 bits per heavy atom. The summed E-state index contributed by atoms with van der Waals surface area (Å²) >= 11 is 3.45. The van der Waals surface area contributed by atoms with Gasteiger partial charge in [0.05, 0.1) is 0 Å². The van der Waals surface area contributed by atoms with E-state index in [-0.39, 0.29) is 5.78 Å². The fourth-order valence-electron chi connectivity index (χ4n) is 3.14. The highest BCUT2D eigenvalue weighted by atomic mass is 79.9. The van der Waals surface area contributed by atoms with E-state index in [2.05, 4.69) is 46.3 Å². The molecular weight excluding hydrogens is 372 g/mol. The molecule has 0 bridgehead atoms. The Morgan fingerprint density at radius 1 is 0.760 bits per heavy atom. The third kappa shape index (κ3) is 3.01. The van der Waals surface area contributed by atoms with Crippen LogP contribution in [0.3, 0.4) is 0 Å². The summed E-state index contributed by atoms with van der Waals surface area (Å²) in [5.74, 6) is -0.00973. The lowest BCUT2D eigenvalue weighted by Crippen LogP contribution is -1.95. The molecule has 4 rings (SSSR count). The van der Waals surface area contributed by atoms with Crippen LogP contribution in [0.25, 0.3) is 27.6 Å². The maximum absolute atomic E-state index is 12.6. The maximum atomic E-state index is 12.6. The van der Waals surface area contributed by atoms with Crippen molar-refractivity contribution in [3.8, 4) is 0 Å². The lowest BCUT2D eigenvalue weighted by Gasteiger charge is -2.08. The minimum absolute atomic E-state index is 0.00973. The number of carbonyl (C=O) groups is 1. The number of halogens is 1. The molecule has 0 saturated heterocycles. The Balaban J connectivity index is 1.87. The van der Waals surface area contributed by atoms with Gasteiger partial charge >= 0.3 is 0 Å². The standard InChI is InChI=1S/C23H15BrO/c24-22-12-6-5-11-21(22)23(25)14-13-20-18-9-3-1-7-16(18)15-17-8-2-4-10-19(17)20/h1-15H. The van der Waals surface area contributed by atoms with E-state index in [0.29, 0.717) is 5.56 Å². The first-order valence-corrected chi connectivity index (χ1v) is 8.91. The highest BCUT2D eigenvalue weighted by Crippen LogP contribution is 2.29. The van der Waals surface area contributed by atoms with E-state index in [1.807, 2.05) is 54.6 Å². The van der Waals surface area contributed by atoms with Crippen molar-refractivity contribution in [1.82, 2.24) is 0 Å². The van der Waals surface area contributed by atoms with E-state index in [4.69, 9.17) is 0 Å². The average molecular weight is 387 g/mol. The van der Waals surface area contributed by atoms with Gasteiger partial charge in [-0.1, -0.05) is 76.6 Å². The molecule has 120 valence electrons. The van der Waals surface area contributed by atoms with Gasteiger partial charge in [-0.25, -0.2) is 0 Å². The van der Waals surface area contributed by atoms with Crippen LogP contribution in [0.1, 0.15) is 15.9 Å². The molecular formula is C23H15BrO. The molecule has 0 aliphatic heterocycles. The zero-order valence-corrected chi connectivity index (χ0v) is 15.0. The maximum Gasteiger partial charge on any atom is 0.186 e. The first-order chi connectivity index (χ1) is 12.2. The lowest BCUT2D eigenvalue weighted by atomic mass is 9.96. The lowest BCUT2D eigenvalue weighted by molar-refractivity contribution is 0.104. The third-order valence-electron chi connectivity index (χ3n) is 4.35. The Hall–Kier alpha value is -2.71. The number of fused-ring (bicyclic) bond motifs is 2. The topological polar surface area (TPSA) is 17.1 Å². The summed E-state index contributed by atoms with van der Waals surface area (Å²) in [7, 11) is 0. The van der Waals surface area contributed by atoms with Gasteiger partial charge in [0, 0.05) is 10.0 Å². The second-order valence-corrected chi connectivity index (χ2v) is 6.76. The van der Waals surface area contributed by atoms with Crippen LogP contribution in [0, 0.1) is 0 Å². The second-order valence-electron chi connectivity index (χ2n) is 5.91. The van der Waals surface area contributed by atoms with Gasteiger partial charge in [-0.05, 0) is 57.5 Å². The van der Waals surface area contributed by atoms with Crippen LogP contribution >= 0.6 is 15.9 Å². The summed E-state index contributed by atoms with van der Waals surface area (Å²) in [5.41, 5.74) is 1.75. The first kappa shape index (κ1) is 15.8. The van der Waals surface area contributed by atoms with Crippen LogP contribution < -0.4 is 0 Å². The number of hydrogen-bond donors (Lipinski definition) is 0. The van der Waals surface area contributed by atoms with Crippen molar-refractivity contribution >= 4 is 49.3 Å². The van der Waals surface area contributed by atoms with E-state index in [1.54, 1.807) is 6.08 Å². The summed E-state index contributed by atoms with van der Waals surface area (Å²) in [4.78, 5) is 12.6. The Kier molecular flexibility index (Phi) is 4.21. The van der Waals surface area contributed by atoms with Crippen molar-refractivity contribution in [2.24, 2.45) is 0 Å². The molecule has 0 heterocycles. The molecule has 2 heteroatoms. The zero-order valence-electron chi connectivity index (χ0n) is 13.4. The van der Waals surface area contributed by atoms with E-state index < -0.39 is 0 Å². The van der Waals surface area contributed by atoms with Gasteiger partial charge in [0.15, 0.2) is 5.78 Å². The summed E-state index contributed by atoms with van der Waals surface area (Å²) in [5, 5.41) is 4.65. The molecule has 0 aromatic heterocycles. The summed E-state index contributed by atoms with van der Waals surface area (Å²) in [6.45, 7) is 0. The molecule has 0 spiro atoms. The minimum Gasteiger partial charge on any atom is -0.289 e. The van der Waals surface area contributed by atoms with Crippen molar-refractivity contribution in [3.63, 3.8) is 0 Å². The highest BCUT2D eigenvalue weighted by molar-refractivity contribution is 9.10. The molecule has 0 atom stereocenters. The SMILES string of the molecule is O=C(C=Cc1c2ccccc2cc2ccccc12)c1ccccc1Br. The highest BCUT2D eigenvalue weighted by Gasteiger charge is 2.08. The predicted molar refractivity (Wildman–Crippen MR) is 109 cm³/mol. The van der Waals surface area contributed by atoms with Gasteiger partial charge in [0.1, 0.15) is 0 Å². The number of benzene rings is 4. The summed E-state index contributed by atoms with van der Waals surface area (Å²) in [6, 6.07) is 26.2. The second kappa shape index (κ2) is 6.66. The largest absolute Gasteiger partial charge is 0.289 e. The average Bonchev–Trinajstić information content (AvgIpc) is 2.65. The normalized spacial score (nSPS) is 11.4. The number of allylic oxidation sites excluding steroid dienone is 1. The quantitative estimate of drug-likeness (QED) is 0.218. The summed E-state index contributed by atoms with van der Waals surface area (Å²) in [6.07, 6.45) is 3.60. The van der Waals surface area contributed by atoms with Crippen LogP contribution in [-0.4, -0.2) is 5.78 Å². The van der Waals surface area contributed by atoms with Crippen LogP contribution in [-0.2, 0) is 0 Å². The third-order valence-corrected chi connectivity index (χ3v) is 5.05. The number of ketones is 1. The molecule has 0 N–H and O–H groups in total. The molecule has 0 unspecified atom stereocenters. The summed E-state index contributed by atoms with van der Waals surface area (Å²) < 4.78 is 0.812. The van der Waals surface area contributed by atoms with Crippen LogP contribution in [0.2, 0.25) is 0 Å². The van der Waals surface area contributed by atoms with Crippen LogP contribution in [0.5, 0.6) is 0 Å². The predicted octanol–water partition coefficient (Wildman–Crippen LogP) is 6.65. The fraction of sp³-hybridized carbons (Fsp3) is 0. The van der Waals surface area contributed by atoms with Crippen molar-refractivity contribution in [1.29, 1.82) is 0 Å². The molecule has 25 heavy (non-hydrogen) atoms. The zero-order chi connectivity index (χ0) is 17.2. The van der Waals surface area contributed by atoms with Gasteiger partial charge < -0.3 is 0 Å². The molecule has 4 aromatic rings. The van der Waals surface area contributed by atoms with Crippen molar-refractivity contribution in [2.45, 2.75) is 0 Å². The van der Waals surface area contributed by atoms with Crippen LogP contribution in [0.4, 0.5) is 0 Å². The molecule has 0 saturated carbocycles. The van der Waals surface area contributed by atoms with Gasteiger partial charge in [0.25, 0.3) is 0 Å². The number of hydrogen-bond acceptors (Lipinski definition) is 1. The van der Waals surface area contributed by atoms with Gasteiger partial charge in [-0.15, -0.1) is 0 Å². The van der Waals surface area contributed by atoms with E-state index in [0.717, 1.165) is 20.8 Å². The molecule has 0 aliphatic rings. The number of carbonyl (C=O) groups excluding carboxylic acids is 1. The minimum atomic E-state index is -0.00973. The first-order valence-electron chi connectivity index (χ1n) is 8.11. The number of rotatable bonds is 3. The Bertz CT molecular complexity index is 1070. The molecule has 4 aromatic carbocycles. The molecule has 1 nitrogen and oxygen atoms in total. The van der Waals surface area contributed by atoms with E-state index in [9.17, 15) is 4.79 Å². The van der Waals surface area contributed by atoms with Gasteiger partial charge in [0.2, 0.25) is 0 Å². The molecule has 0 fully saturated rings. The van der Waals surface area contributed by atoms with Gasteiger partial charge in [-0.2, -0.15) is 0 Å². The molecule has 0 radical (unpaired) electrons. The van der Waals surface area contributed by atoms with E-state index in [1.165, 1.54) is 10.8 Å². The fourth-order valence-corrected chi connectivity index (χ4v) is 3.62. The molecule has 0 amide bonds. The smallest absolute Gasteiger partial charge is 0.186 e. The Labute approximate surface area is 154 Å². The van der Waals surface area contributed by atoms with Crippen LogP contribution in [0.15, 0.2) is 89.4 Å². The monoisotopic (exact) mass is 386 g/mol.